The summed E-state index contributed by atoms with van der Waals surface area (Å²) in [4.78, 5) is 0. The molecule has 0 aliphatic carbocycles. The molecule has 0 aliphatic heterocycles. The molecule has 12 heavy (non-hydrogen) atoms. The molecule has 3 heteroatoms. The first-order chi connectivity index (χ1) is 5.70. The normalized spacial score (nSPS) is 15.5. The van der Waals surface area contributed by atoms with Crippen molar-refractivity contribution in [2.45, 2.75) is 39.2 Å². The molecule has 0 saturated carbocycles. The molecule has 0 aromatic rings. The third kappa shape index (κ3) is 7.18. The SMILES string of the molecule is CCC(N)CCCI=C(C)CN. The van der Waals surface area contributed by atoms with Crippen LogP contribution in [-0.4, -0.2) is 20.5 Å². The Morgan fingerprint density at radius 3 is 2.67 bits per heavy atom. The minimum absolute atomic E-state index is 0.261. The van der Waals surface area contributed by atoms with Crippen LogP contribution in [0.25, 0.3) is 0 Å². The first-order valence-corrected chi connectivity index (χ1v) is 7.18. The molecule has 0 aromatic carbocycles. The van der Waals surface area contributed by atoms with Crippen molar-refractivity contribution < 1.29 is 0 Å². The minimum atomic E-state index is 0.261. The Labute approximate surface area is 85.8 Å². The molecule has 0 amide bonds. The fourth-order valence-electron chi connectivity index (χ4n) is 0.826. The third-order valence-corrected chi connectivity index (χ3v) is 4.88. The van der Waals surface area contributed by atoms with Gasteiger partial charge in [-0.05, 0) is 34.1 Å². The monoisotopic (exact) mass is 284 g/mol. The van der Waals surface area contributed by atoms with Crippen molar-refractivity contribution in [1.82, 2.24) is 0 Å². The quantitative estimate of drug-likeness (QED) is 0.442. The van der Waals surface area contributed by atoms with E-state index in [4.69, 9.17) is 11.5 Å². The molecule has 0 fully saturated rings. The highest BCUT2D eigenvalue weighted by molar-refractivity contribution is 14.2. The van der Waals surface area contributed by atoms with Gasteiger partial charge in [0.2, 0.25) is 0 Å². The van der Waals surface area contributed by atoms with Crippen LogP contribution in [0.1, 0.15) is 33.1 Å². The lowest BCUT2D eigenvalue weighted by Gasteiger charge is -2.05. The van der Waals surface area contributed by atoms with E-state index in [1.54, 1.807) is 0 Å². The maximum absolute atomic E-state index is 5.80. The number of hydrogen-bond acceptors (Lipinski definition) is 2. The van der Waals surface area contributed by atoms with Crippen molar-refractivity contribution in [3.05, 3.63) is 0 Å². The van der Waals surface area contributed by atoms with Crippen molar-refractivity contribution in [2.24, 2.45) is 11.5 Å². The Bertz CT molecular complexity index is 134. The van der Waals surface area contributed by atoms with Gasteiger partial charge < -0.3 is 11.5 Å². The fraction of sp³-hybridized carbons (Fsp3) is 0.889. The number of hydrogen-bond donors (Lipinski definition) is 2. The van der Waals surface area contributed by atoms with E-state index >= 15 is 0 Å². The van der Waals surface area contributed by atoms with Gasteiger partial charge in [0.15, 0.2) is 0 Å². The van der Waals surface area contributed by atoms with Crippen molar-refractivity contribution >= 4 is 24.2 Å². The molecule has 0 saturated heterocycles. The van der Waals surface area contributed by atoms with Gasteiger partial charge in [-0.2, -0.15) is 0 Å². The van der Waals surface area contributed by atoms with Crippen LogP contribution in [0.3, 0.4) is 0 Å². The molecule has 0 aromatic heterocycles. The number of halogens is 1. The molecule has 0 aliphatic rings. The summed E-state index contributed by atoms with van der Waals surface area (Å²) in [7, 11) is 0. The van der Waals surface area contributed by atoms with Gasteiger partial charge in [-0.25, -0.2) is 0 Å². The van der Waals surface area contributed by atoms with Gasteiger partial charge in [-0.1, -0.05) is 6.92 Å². The summed E-state index contributed by atoms with van der Waals surface area (Å²) in [5, 5.41) is 0. The maximum Gasteiger partial charge on any atom is 0.0188 e. The average Bonchev–Trinajstić information content (AvgIpc) is 2.11. The van der Waals surface area contributed by atoms with E-state index in [1.807, 2.05) is 0 Å². The average molecular weight is 284 g/mol. The van der Waals surface area contributed by atoms with Crippen LogP contribution < -0.4 is 11.5 Å². The van der Waals surface area contributed by atoms with Crippen LogP contribution in [0.5, 0.6) is 0 Å². The third-order valence-electron chi connectivity index (χ3n) is 1.84. The molecule has 74 valence electrons. The summed E-state index contributed by atoms with van der Waals surface area (Å²) in [5.41, 5.74) is 11.3. The molecule has 0 bridgehead atoms. The zero-order valence-electron chi connectivity index (χ0n) is 8.15. The second-order valence-corrected chi connectivity index (χ2v) is 6.70. The van der Waals surface area contributed by atoms with E-state index in [-0.39, 0.29) is 20.7 Å². The first kappa shape index (κ1) is 12.5. The van der Waals surface area contributed by atoms with Gasteiger partial charge in [-0.3, -0.25) is 0 Å². The Kier molecular flexibility index (Phi) is 8.49. The van der Waals surface area contributed by atoms with Gasteiger partial charge in [0.25, 0.3) is 0 Å². The molecular weight excluding hydrogens is 263 g/mol. The first-order valence-electron chi connectivity index (χ1n) is 4.57. The summed E-state index contributed by atoms with van der Waals surface area (Å²) in [5.74, 6) is 0. The standard InChI is InChI=1S/C9H21IN2/c1-3-9(12)5-4-6-10-8(2)7-11/h9H,3-7,11-12H2,1-2H3. The van der Waals surface area contributed by atoms with E-state index in [0.717, 1.165) is 13.0 Å². The van der Waals surface area contributed by atoms with E-state index in [0.29, 0.717) is 6.04 Å². The predicted molar refractivity (Wildman–Crippen MR) is 66.1 cm³/mol. The van der Waals surface area contributed by atoms with E-state index in [1.165, 1.54) is 20.8 Å². The number of alkyl halides is 1. The van der Waals surface area contributed by atoms with Crippen molar-refractivity contribution in [1.29, 1.82) is 0 Å². The maximum atomic E-state index is 5.80. The van der Waals surface area contributed by atoms with Crippen molar-refractivity contribution in [2.75, 3.05) is 11.0 Å². The van der Waals surface area contributed by atoms with Gasteiger partial charge in [0.05, 0.1) is 0 Å². The van der Waals surface area contributed by atoms with Crippen LogP contribution in [0.15, 0.2) is 0 Å². The fourth-order valence-corrected chi connectivity index (χ4v) is 2.88. The molecule has 2 nitrogen and oxygen atoms in total. The van der Waals surface area contributed by atoms with Crippen LogP contribution in [0.2, 0.25) is 0 Å². The Morgan fingerprint density at radius 2 is 2.17 bits per heavy atom. The van der Waals surface area contributed by atoms with Crippen LogP contribution in [0.4, 0.5) is 0 Å². The Morgan fingerprint density at radius 1 is 1.50 bits per heavy atom. The van der Waals surface area contributed by atoms with Crippen LogP contribution in [0, 0.1) is 0 Å². The molecule has 0 spiro atoms. The zero-order chi connectivity index (χ0) is 9.40. The van der Waals surface area contributed by atoms with E-state index < -0.39 is 0 Å². The second kappa shape index (κ2) is 8.13. The molecule has 0 heterocycles. The van der Waals surface area contributed by atoms with Gasteiger partial charge >= 0.3 is 0 Å². The largest absolute Gasteiger partial charge is 0.328 e. The summed E-state index contributed by atoms with van der Waals surface area (Å²) < 4.78 is 2.87. The van der Waals surface area contributed by atoms with Gasteiger partial charge in [0, 0.05) is 12.6 Å². The Hall–Kier alpha value is 0.520. The van der Waals surface area contributed by atoms with Crippen molar-refractivity contribution in [3.8, 4) is 0 Å². The summed E-state index contributed by atoms with van der Waals surface area (Å²) >= 11 is 0.261. The zero-order valence-corrected chi connectivity index (χ0v) is 10.3. The smallest absolute Gasteiger partial charge is 0.0188 e. The van der Waals surface area contributed by atoms with Gasteiger partial charge in [0.1, 0.15) is 0 Å². The highest BCUT2D eigenvalue weighted by Gasteiger charge is 1.96. The molecule has 1 unspecified atom stereocenters. The lowest BCUT2D eigenvalue weighted by atomic mass is 10.1. The lowest BCUT2D eigenvalue weighted by Crippen LogP contribution is -2.18. The molecular formula is C9H21IN2. The molecule has 1 atom stereocenters. The summed E-state index contributed by atoms with van der Waals surface area (Å²) in [6, 6.07) is 0.423. The van der Waals surface area contributed by atoms with Crippen LogP contribution >= 0.6 is 20.7 Å². The molecule has 4 N–H and O–H groups in total. The Balaban J connectivity index is 3.32. The van der Waals surface area contributed by atoms with Crippen LogP contribution in [-0.2, 0) is 0 Å². The van der Waals surface area contributed by atoms with Crippen molar-refractivity contribution in [3.63, 3.8) is 0 Å². The topological polar surface area (TPSA) is 52.0 Å². The lowest BCUT2D eigenvalue weighted by molar-refractivity contribution is 0.591. The highest BCUT2D eigenvalue weighted by Crippen LogP contribution is 2.07. The summed E-state index contributed by atoms with van der Waals surface area (Å²) in [6.07, 6.45) is 3.59. The highest BCUT2D eigenvalue weighted by atomic mass is 127. The number of nitrogens with two attached hydrogens (primary N) is 2. The number of rotatable bonds is 6. The van der Waals surface area contributed by atoms with E-state index in [2.05, 4.69) is 13.8 Å². The predicted octanol–water partition coefficient (Wildman–Crippen LogP) is 1.63. The second-order valence-electron chi connectivity index (χ2n) is 3.01. The molecule has 0 radical (unpaired) electrons. The van der Waals surface area contributed by atoms with E-state index in [9.17, 15) is 0 Å². The van der Waals surface area contributed by atoms with Gasteiger partial charge in [-0.15, -0.1) is 20.7 Å². The summed E-state index contributed by atoms with van der Waals surface area (Å²) in [6.45, 7) is 5.11. The molecule has 0 rings (SSSR count). The minimum Gasteiger partial charge on any atom is -0.328 e.